The molecule has 1 saturated heterocycles. The quantitative estimate of drug-likeness (QED) is 0.761. The summed E-state index contributed by atoms with van der Waals surface area (Å²) in [5.74, 6) is -3.33. The Morgan fingerprint density at radius 2 is 2.19 bits per heavy atom. The minimum absolute atomic E-state index is 0.0398. The van der Waals surface area contributed by atoms with Crippen LogP contribution >= 0.6 is 15.9 Å². The predicted molar refractivity (Wildman–Crippen MR) is 102 cm³/mol. The topological polar surface area (TPSA) is 76.0 Å². The number of aromatic nitrogens is 2. The Hall–Kier alpha value is -1.87. The molecule has 9 heteroatoms. The zero-order valence-electron chi connectivity index (χ0n) is 15.1. The van der Waals surface area contributed by atoms with Crippen LogP contribution < -0.4 is 16.2 Å². The van der Waals surface area contributed by atoms with Gasteiger partial charge >= 0.3 is 0 Å². The fraction of sp³-hybridized carbons (Fsp3) is 0.500. The average molecular weight is 443 g/mol. The summed E-state index contributed by atoms with van der Waals surface area (Å²) >= 11 is 3.40. The number of carbonyl (C=O) groups is 1. The van der Waals surface area contributed by atoms with E-state index in [1.807, 2.05) is 19.9 Å². The molecule has 0 aliphatic carbocycles. The van der Waals surface area contributed by atoms with Gasteiger partial charge in [0.15, 0.2) is 0 Å². The molecule has 0 radical (unpaired) electrons. The van der Waals surface area contributed by atoms with Gasteiger partial charge in [-0.05, 0) is 24.1 Å². The van der Waals surface area contributed by atoms with Crippen LogP contribution in [0.2, 0.25) is 0 Å². The zero-order chi connectivity index (χ0) is 19.8. The van der Waals surface area contributed by atoms with Crippen molar-refractivity contribution in [3.05, 3.63) is 38.7 Å². The van der Waals surface area contributed by atoms with Gasteiger partial charge in [0.2, 0.25) is 5.91 Å². The van der Waals surface area contributed by atoms with Gasteiger partial charge in [0.1, 0.15) is 6.54 Å². The van der Waals surface area contributed by atoms with Crippen LogP contribution in [0.1, 0.15) is 31.9 Å². The summed E-state index contributed by atoms with van der Waals surface area (Å²) in [6.45, 7) is 3.47. The SMILES string of the molecule is CC(C)c1nn(CC(=O)NC2CNCC(F)(F)C2)c(=O)c2ccc(Br)cc12. The van der Waals surface area contributed by atoms with Crippen molar-refractivity contribution >= 4 is 32.6 Å². The van der Waals surface area contributed by atoms with Crippen molar-refractivity contribution in [2.24, 2.45) is 0 Å². The Balaban J connectivity index is 1.86. The number of hydrogen-bond donors (Lipinski definition) is 2. The molecule has 0 bridgehead atoms. The molecule has 1 aliphatic heterocycles. The molecule has 1 fully saturated rings. The molecule has 1 aliphatic rings. The van der Waals surface area contributed by atoms with Crippen LogP contribution in [0.3, 0.4) is 0 Å². The molecule has 1 atom stereocenters. The van der Waals surface area contributed by atoms with Crippen molar-refractivity contribution in [2.45, 2.75) is 44.7 Å². The second kappa shape index (κ2) is 7.63. The van der Waals surface area contributed by atoms with Crippen LogP contribution in [0, 0.1) is 0 Å². The Labute approximate surface area is 163 Å². The van der Waals surface area contributed by atoms with Crippen molar-refractivity contribution in [2.75, 3.05) is 13.1 Å². The number of carbonyl (C=O) groups excluding carboxylic acids is 1. The van der Waals surface area contributed by atoms with Gasteiger partial charge in [0.25, 0.3) is 11.5 Å². The summed E-state index contributed by atoms with van der Waals surface area (Å²) in [5.41, 5.74) is 0.314. The molecule has 1 aromatic carbocycles. The molecule has 0 spiro atoms. The van der Waals surface area contributed by atoms with E-state index < -0.39 is 30.8 Å². The summed E-state index contributed by atoms with van der Waals surface area (Å²) in [5, 5.41) is 10.7. The average Bonchev–Trinajstić information content (AvgIpc) is 2.56. The van der Waals surface area contributed by atoms with Crippen molar-refractivity contribution in [3.8, 4) is 0 Å². The Morgan fingerprint density at radius 1 is 1.44 bits per heavy atom. The summed E-state index contributed by atoms with van der Waals surface area (Å²) in [4.78, 5) is 25.0. The fourth-order valence-electron chi connectivity index (χ4n) is 3.26. The number of piperidine rings is 1. The van der Waals surface area contributed by atoms with E-state index in [1.165, 1.54) is 0 Å². The molecule has 6 nitrogen and oxygen atoms in total. The Kier molecular flexibility index (Phi) is 5.62. The van der Waals surface area contributed by atoms with Gasteiger partial charge in [-0.1, -0.05) is 29.8 Å². The largest absolute Gasteiger partial charge is 0.350 e. The van der Waals surface area contributed by atoms with E-state index in [9.17, 15) is 18.4 Å². The van der Waals surface area contributed by atoms with Crippen molar-refractivity contribution in [1.82, 2.24) is 20.4 Å². The standard InChI is InChI=1S/C18H21BrF2N4O2/c1-10(2)16-14-5-11(19)3-4-13(14)17(27)25(24-16)8-15(26)23-12-6-18(20,21)9-22-7-12/h3-5,10,12,22H,6-9H2,1-2H3,(H,23,26). The molecule has 2 N–H and O–H groups in total. The first kappa shape index (κ1) is 19.9. The van der Waals surface area contributed by atoms with Gasteiger partial charge in [0.05, 0.1) is 17.6 Å². The lowest BCUT2D eigenvalue weighted by atomic mass is 10.0. The number of nitrogens with zero attached hydrogens (tertiary/aromatic N) is 2. The van der Waals surface area contributed by atoms with Crippen LogP contribution in [-0.4, -0.2) is 40.7 Å². The number of benzene rings is 1. The molecule has 3 rings (SSSR count). The normalized spacial score (nSPS) is 19.4. The van der Waals surface area contributed by atoms with E-state index in [1.54, 1.807) is 12.1 Å². The number of nitrogens with one attached hydrogen (secondary N) is 2. The summed E-state index contributed by atoms with van der Waals surface area (Å²) in [6.07, 6.45) is -0.420. The number of alkyl halides is 2. The van der Waals surface area contributed by atoms with Crippen LogP contribution in [-0.2, 0) is 11.3 Å². The van der Waals surface area contributed by atoms with E-state index in [2.05, 4.69) is 31.7 Å². The lowest BCUT2D eigenvalue weighted by Crippen LogP contribution is -2.54. The molecule has 2 aromatic rings. The molecular formula is C18H21BrF2N4O2. The van der Waals surface area contributed by atoms with E-state index in [0.29, 0.717) is 11.1 Å². The number of hydrogen-bond acceptors (Lipinski definition) is 4. The van der Waals surface area contributed by atoms with E-state index in [-0.39, 0.29) is 24.6 Å². The first-order valence-electron chi connectivity index (χ1n) is 8.74. The highest BCUT2D eigenvalue weighted by Crippen LogP contribution is 2.24. The highest BCUT2D eigenvalue weighted by atomic mass is 79.9. The molecule has 0 saturated carbocycles. The third kappa shape index (κ3) is 4.52. The first-order chi connectivity index (χ1) is 12.7. The summed E-state index contributed by atoms with van der Waals surface area (Å²) in [6, 6.07) is 4.60. The third-order valence-corrected chi connectivity index (χ3v) is 4.97. The molecule has 27 heavy (non-hydrogen) atoms. The van der Waals surface area contributed by atoms with Crippen molar-refractivity contribution in [3.63, 3.8) is 0 Å². The highest BCUT2D eigenvalue weighted by molar-refractivity contribution is 9.10. The van der Waals surface area contributed by atoms with E-state index in [4.69, 9.17) is 0 Å². The summed E-state index contributed by atoms with van der Waals surface area (Å²) < 4.78 is 28.9. The van der Waals surface area contributed by atoms with Crippen LogP contribution in [0.4, 0.5) is 8.78 Å². The van der Waals surface area contributed by atoms with Crippen LogP contribution in [0.15, 0.2) is 27.5 Å². The van der Waals surface area contributed by atoms with Crippen molar-refractivity contribution < 1.29 is 13.6 Å². The van der Waals surface area contributed by atoms with Gasteiger partial charge in [-0.2, -0.15) is 5.10 Å². The van der Waals surface area contributed by atoms with Crippen LogP contribution in [0.5, 0.6) is 0 Å². The van der Waals surface area contributed by atoms with E-state index in [0.717, 1.165) is 14.5 Å². The molecule has 1 unspecified atom stereocenters. The highest BCUT2D eigenvalue weighted by Gasteiger charge is 2.36. The van der Waals surface area contributed by atoms with Gasteiger partial charge in [-0.15, -0.1) is 0 Å². The first-order valence-corrected chi connectivity index (χ1v) is 9.54. The van der Waals surface area contributed by atoms with Gasteiger partial charge in [-0.3, -0.25) is 9.59 Å². The Morgan fingerprint density at radius 3 is 2.85 bits per heavy atom. The number of halogens is 3. The molecule has 1 aromatic heterocycles. The van der Waals surface area contributed by atoms with Crippen LogP contribution in [0.25, 0.3) is 10.8 Å². The van der Waals surface area contributed by atoms with Gasteiger partial charge in [0, 0.05) is 28.9 Å². The summed E-state index contributed by atoms with van der Waals surface area (Å²) in [7, 11) is 0. The predicted octanol–water partition coefficient (Wildman–Crippen LogP) is 2.40. The number of rotatable bonds is 4. The van der Waals surface area contributed by atoms with Crippen molar-refractivity contribution in [1.29, 1.82) is 0 Å². The third-order valence-electron chi connectivity index (χ3n) is 4.48. The second-order valence-corrected chi connectivity index (χ2v) is 8.06. The maximum absolute atomic E-state index is 13.5. The fourth-order valence-corrected chi connectivity index (χ4v) is 3.62. The lowest BCUT2D eigenvalue weighted by Gasteiger charge is -2.30. The molecule has 146 valence electrons. The minimum Gasteiger partial charge on any atom is -0.350 e. The van der Waals surface area contributed by atoms with Gasteiger partial charge < -0.3 is 10.6 Å². The molecule has 1 amide bonds. The maximum atomic E-state index is 13.5. The maximum Gasteiger partial charge on any atom is 0.275 e. The molecular weight excluding hydrogens is 422 g/mol. The second-order valence-electron chi connectivity index (χ2n) is 7.15. The molecule has 2 heterocycles. The number of amides is 1. The van der Waals surface area contributed by atoms with Gasteiger partial charge in [-0.25, -0.2) is 13.5 Å². The monoisotopic (exact) mass is 442 g/mol. The zero-order valence-corrected chi connectivity index (χ0v) is 16.6. The Bertz CT molecular complexity index is 929. The minimum atomic E-state index is -2.85. The number of fused-ring (bicyclic) bond motifs is 1. The van der Waals surface area contributed by atoms with E-state index >= 15 is 0 Å². The lowest BCUT2D eigenvalue weighted by molar-refractivity contribution is -0.123. The smallest absolute Gasteiger partial charge is 0.275 e.